The highest BCUT2D eigenvalue weighted by atomic mass is 35.5. The second-order valence-corrected chi connectivity index (χ2v) is 6.44. The normalized spacial score (nSPS) is 10.8. The lowest BCUT2D eigenvalue weighted by Crippen LogP contribution is -2.01. The van der Waals surface area contributed by atoms with E-state index in [2.05, 4.69) is 19.1 Å². The largest absolute Gasteiger partial charge is 0.493 e. The van der Waals surface area contributed by atoms with Crippen molar-refractivity contribution in [2.24, 2.45) is 5.73 Å². The summed E-state index contributed by atoms with van der Waals surface area (Å²) in [4.78, 5) is 0. The van der Waals surface area contributed by atoms with Crippen LogP contribution in [0.5, 0.6) is 5.75 Å². The molecular formula is C21H28ClNO. The topological polar surface area (TPSA) is 35.2 Å². The quantitative estimate of drug-likeness (QED) is 0.547. The molecule has 24 heavy (non-hydrogen) atoms. The van der Waals surface area contributed by atoms with Gasteiger partial charge in [0.25, 0.3) is 0 Å². The molecule has 0 aliphatic heterocycles. The molecule has 0 heterocycles. The molecule has 0 spiro atoms. The minimum atomic E-state index is 0.742. The number of hydrogen-bond donors (Lipinski definition) is 1. The lowest BCUT2D eigenvalue weighted by Gasteiger charge is -2.15. The van der Waals surface area contributed by atoms with Crippen LogP contribution in [0.1, 0.15) is 44.6 Å². The van der Waals surface area contributed by atoms with Crippen LogP contribution in [0.3, 0.4) is 0 Å². The summed E-state index contributed by atoms with van der Waals surface area (Å²) in [6.07, 6.45) is 6.77. The van der Waals surface area contributed by atoms with E-state index < -0.39 is 0 Å². The van der Waals surface area contributed by atoms with E-state index in [9.17, 15) is 0 Å². The Bertz CT molecular complexity index is 627. The molecule has 0 saturated heterocycles. The van der Waals surface area contributed by atoms with Crippen molar-refractivity contribution in [1.82, 2.24) is 0 Å². The van der Waals surface area contributed by atoms with Gasteiger partial charge in [0.2, 0.25) is 0 Å². The van der Waals surface area contributed by atoms with E-state index in [4.69, 9.17) is 22.1 Å². The number of aryl methyl sites for hydroxylation is 1. The molecule has 0 aromatic heterocycles. The summed E-state index contributed by atoms with van der Waals surface area (Å²) in [5.74, 6) is 0.919. The van der Waals surface area contributed by atoms with Crippen molar-refractivity contribution < 1.29 is 4.74 Å². The Balaban J connectivity index is 2.03. The fourth-order valence-electron chi connectivity index (χ4n) is 2.92. The van der Waals surface area contributed by atoms with Gasteiger partial charge >= 0.3 is 0 Å². The van der Waals surface area contributed by atoms with E-state index in [1.165, 1.54) is 24.8 Å². The van der Waals surface area contributed by atoms with Crippen molar-refractivity contribution in [2.75, 3.05) is 13.2 Å². The Kier molecular flexibility index (Phi) is 8.14. The average molecular weight is 346 g/mol. The summed E-state index contributed by atoms with van der Waals surface area (Å²) in [7, 11) is 0. The minimum Gasteiger partial charge on any atom is -0.493 e. The lowest BCUT2D eigenvalue weighted by molar-refractivity contribution is 0.305. The van der Waals surface area contributed by atoms with Crippen molar-refractivity contribution in [3.63, 3.8) is 0 Å². The highest BCUT2D eigenvalue weighted by Gasteiger charge is 2.13. The van der Waals surface area contributed by atoms with Gasteiger partial charge in [0.1, 0.15) is 5.75 Å². The first-order chi connectivity index (χ1) is 11.8. The van der Waals surface area contributed by atoms with E-state index in [0.717, 1.165) is 54.3 Å². The van der Waals surface area contributed by atoms with E-state index in [1.54, 1.807) is 0 Å². The van der Waals surface area contributed by atoms with Crippen molar-refractivity contribution in [3.05, 3.63) is 53.1 Å². The van der Waals surface area contributed by atoms with Gasteiger partial charge < -0.3 is 10.5 Å². The maximum absolute atomic E-state index is 6.48. The molecule has 0 unspecified atom stereocenters. The number of benzene rings is 2. The zero-order chi connectivity index (χ0) is 17.2. The zero-order valence-electron chi connectivity index (χ0n) is 14.6. The Labute approximate surface area is 151 Å². The molecule has 2 N–H and O–H groups in total. The summed E-state index contributed by atoms with van der Waals surface area (Å²) < 4.78 is 6.07. The highest BCUT2D eigenvalue weighted by molar-refractivity contribution is 6.33. The standard InChI is InChI=1S/C21H28ClNO/c1-2-17-11-10-13-19(22)21(17)18-12-6-7-14-20(18)24-16-9-5-3-4-8-15-23/h6-7,10-14H,2-5,8-9,15-16,23H2,1H3. The maximum Gasteiger partial charge on any atom is 0.127 e. The summed E-state index contributed by atoms with van der Waals surface area (Å²) in [5.41, 5.74) is 8.95. The summed E-state index contributed by atoms with van der Waals surface area (Å²) in [6, 6.07) is 14.3. The maximum atomic E-state index is 6.48. The monoisotopic (exact) mass is 345 g/mol. The fraction of sp³-hybridized carbons (Fsp3) is 0.429. The smallest absolute Gasteiger partial charge is 0.127 e. The van der Waals surface area contributed by atoms with E-state index >= 15 is 0 Å². The molecule has 130 valence electrons. The van der Waals surface area contributed by atoms with Gasteiger partial charge in [-0.15, -0.1) is 0 Å². The van der Waals surface area contributed by atoms with Crippen LogP contribution in [0, 0.1) is 0 Å². The lowest BCUT2D eigenvalue weighted by atomic mass is 9.97. The molecule has 0 atom stereocenters. The zero-order valence-corrected chi connectivity index (χ0v) is 15.3. The van der Waals surface area contributed by atoms with Gasteiger partial charge in [0.05, 0.1) is 6.61 Å². The van der Waals surface area contributed by atoms with Crippen molar-refractivity contribution in [2.45, 2.75) is 45.4 Å². The fourth-order valence-corrected chi connectivity index (χ4v) is 3.22. The first-order valence-electron chi connectivity index (χ1n) is 8.97. The SMILES string of the molecule is CCc1cccc(Cl)c1-c1ccccc1OCCCCCCCN. The number of unbranched alkanes of at least 4 members (excludes halogenated alkanes) is 4. The van der Waals surface area contributed by atoms with Gasteiger partial charge in [-0.25, -0.2) is 0 Å². The third-order valence-corrected chi connectivity index (χ3v) is 4.56. The summed E-state index contributed by atoms with van der Waals surface area (Å²) >= 11 is 6.48. The predicted octanol–water partition coefficient (Wildman–Crippen LogP) is 5.86. The van der Waals surface area contributed by atoms with Crippen LogP contribution in [-0.4, -0.2) is 13.2 Å². The predicted molar refractivity (Wildman–Crippen MR) is 104 cm³/mol. The van der Waals surface area contributed by atoms with E-state index in [1.807, 2.05) is 30.3 Å². The van der Waals surface area contributed by atoms with Gasteiger partial charge in [-0.05, 0) is 43.5 Å². The van der Waals surface area contributed by atoms with Crippen molar-refractivity contribution in [1.29, 1.82) is 0 Å². The summed E-state index contributed by atoms with van der Waals surface area (Å²) in [6.45, 7) is 3.69. The molecule has 0 aliphatic rings. The number of halogens is 1. The van der Waals surface area contributed by atoms with E-state index in [0.29, 0.717) is 0 Å². The van der Waals surface area contributed by atoms with Gasteiger partial charge in [-0.3, -0.25) is 0 Å². The third kappa shape index (κ3) is 5.25. The molecule has 2 nitrogen and oxygen atoms in total. The second-order valence-electron chi connectivity index (χ2n) is 6.03. The van der Waals surface area contributed by atoms with Crippen molar-refractivity contribution in [3.8, 4) is 16.9 Å². The molecule has 0 saturated carbocycles. The van der Waals surface area contributed by atoms with E-state index in [-0.39, 0.29) is 0 Å². The molecule has 3 heteroatoms. The van der Waals surface area contributed by atoms with Crippen LogP contribution >= 0.6 is 11.6 Å². The average Bonchev–Trinajstić information content (AvgIpc) is 2.61. The molecule has 2 aromatic rings. The van der Waals surface area contributed by atoms with Gasteiger partial charge in [0.15, 0.2) is 0 Å². The molecule has 2 rings (SSSR count). The number of hydrogen-bond acceptors (Lipinski definition) is 2. The molecule has 0 fully saturated rings. The van der Waals surface area contributed by atoms with Crippen LogP contribution in [0.4, 0.5) is 0 Å². The van der Waals surface area contributed by atoms with Gasteiger partial charge in [0, 0.05) is 16.1 Å². The first-order valence-corrected chi connectivity index (χ1v) is 9.35. The summed E-state index contributed by atoms with van der Waals surface area (Å²) in [5, 5.41) is 0.784. The number of rotatable bonds is 10. The Morgan fingerprint density at radius 2 is 1.67 bits per heavy atom. The molecular weight excluding hydrogens is 318 g/mol. The number of para-hydroxylation sites is 1. The second kappa shape index (κ2) is 10.4. The van der Waals surface area contributed by atoms with Gasteiger partial charge in [-0.1, -0.05) is 68.1 Å². The first kappa shape index (κ1) is 18.8. The highest BCUT2D eigenvalue weighted by Crippen LogP contribution is 2.37. The third-order valence-electron chi connectivity index (χ3n) is 4.24. The van der Waals surface area contributed by atoms with Crippen LogP contribution < -0.4 is 10.5 Å². The van der Waals surface area contributed by atoms with Crippen LogP contribution in [0.15, 0.2) is 42.5 Å². The van der Waals surface area contributed by atoms with Crippen LogP contribution in [0.25, 0.3) is 11.1 Å². The molecule has 2 aromatic carbocycles. The molecule has 0 amide bonds. The Morgan fingerprint density at radius 3 is 2.46 bits per heavy atom. The van der Waals surface area contributed by atoms with Crippen LogP contribution in [0.2, 0.25) is 5.02 Å². The van der Waals surface area contributed by atoms with Gasteiger partial charge in [-0.2, -0.15) is 0 Å². The minimum absolute atomic E-state index is 0.742. The Hall–Kier alpha value is -1.51. The number of nitrogens with two attached hydrogens (primary N) is 1. The van der Waals surface area contributed by atoms with Crippen LogP contribution in [-0.2, 0) is 6.42 Å². The molecule has 0 bridgehead atoms. The number of ether oxygens (including phenoxy) is 1. The molecule has 0 radical (unpaired) electrons. The Morgan fingerprint density at radius 1 is 0.917 bits per heavy atom. The molecule has 0 aliphatic carbocycles. The van der Waals surface area contributed by atoms with Crippen molar-refractivity contribution >= 4 is 11.6 Å².